The highest BCUT2D eigenvalue weighted by Crippen LogP contribution is 2.39. The topological polar surface area (TPSA) is 49.9 Å². The minimum Gasteiger partial charge on any atom is -0.496 e. The molecule has 1 saturated heterocycles. The molecule has 5 nitrogen and oxygen atoms in total. The SMILES string of the molecule is CCN1C(=O)CC[C@@H](C(=O)N(C)Cc2ccccc2OC)[C@@H]1c1ccccc1F. The largest absolute Gasteiger partial charge is 0.496 e. The lowest BCUT2D eigenvalue weighted by Crippen LogP contribution is -2.48. The van der Waals surface area contributed by atoms with Gasteiger partial charge in [-0.05, 0) is 25.5 Å². The van der Waals surface area contributed by atoms with E-state index in [-0.39, 0.29) is 18.2 Å². The van der Waals surface area contributed by atoms with Crippen LogP contribution in [0.3, 0.4) is 0 Å². The monoisotopic (exact) mass is 398 g/mol. The first kappa shape index (κ1) is 20.8. The fraction of sp³-hybridized carbons (Fsp3) is 0.391. The second-order valence-corrected chi connectivity index (χ2v) is 7.30. The van der Waals surface area contributed by atoms with Crippen molar-refractivity contribution in [2.45, 2.75) is 32.4 Å². The molecule has 6 heteroatoms. The smallest absolute Gasteiger partial charge is 0.228 e. The first-order chi connectivity index (χ1) is 14.0. The van der Waals surface area contributed by atoms with Crippen LogP contribution in [-0.2, 0) is 16.1 Å². The van der Waals surface area contributed by atoms with Gasteiger partial charge < -0.3 is 14.5 Å². The number of nitrogens with zero attached hydrogens (tertiary/aromatic N) is 2. The molecular formula is C23H27FN2O3. The van der Waals surface area contributed by atoms with Crippen molar-refractivity contribution >= 4 is 11.8 Å². The summed E-state index contributed by atoms with van der Waals surface area (Å²) in [7, 11) is 3.33. The normalized spacial score (nSPS) is 19.2. The number of rotatable bonds is 6. The summed E-state index contributed by atoms with van der Waals surface area (Å²) in [5.74, 6) is -0.320. The molecule has 2 amide bonds. The second-order valence-electron chi connectivity index (χ2n) is 7.30. The highest BCUT2D eigenvalue weighted by molar-refractivity contribution is 5.85. The zero-order chi connectivity index (χ0) is 21.0. The first-order valence-electron chi connectivity index (χ1n) is 9.88. The van der Waals surface area contributed by atoms with Crippen LogP contribution in [0.1, 0.15) is 36.9 Å². The summed E-state index contributed by atoms with van der Waals surface area (Å²) >= 11 is 0. The minimum atomic E-state index is -0.602. The van der Waals surface area contributed by atoms with E-state index in [1.54, 1.807) is 42.2 Å². The number of benzene rings is 2. The third-order valence-corrected chi connectivity index (χ3v) is 5.56. The van der Waals surface area contributed by atoms with E-state index in [2.05, 4.69) is 0 Å². The van der Waals surface area contributed by atoms with E-state index in [9.17, 15) is 14.0 Å². The lowest BCUT2D eigenvalue weighted by atomic mass is 9.83. The molecule has 0 radical (unpaired) electrons. The first-order valence-corrected chi connectivity index (χ1v) is 9.88. The van der Waals surface area contributed by atoms with Crippen molar-refractivity contribution in [1.29, 1.82) is 0 Å². The molecule has 1 aliphatic heterocycles. The summed E-state index contributed by atoms with van der Waals surface area (Å²) in [5, 5.41) is 0. The molecule has 3 rings (SSSR count). The second kappa shape index (κ2) is 9.07. The van der Waals surface area contributed by atoms with Gasteiger partial charge in [0.25, 0.3) is 0 Å². The van der Waals surface area contributed by atoms with Gasteiger partial charge in [-0.1, -0.05) is 36.4 Å². The summed E-state index contributed by atoms with van der Waals surface area (Å²) in [6.07, 6.45) is 0.696. The van der Waals surface area contributed by atoms with Gasteiger partial charge in [0.1, 0.15) is 11.6 Å². The Morgan fingerprint density at radius 3 is 2.59 bits per heavy atom. The van der Waals surface area contributed by atoms with Crippen molar-refractivity contribution < 1.29 is 18.7 Å². The maximum atomic E-state index is 14.6. The summed E-state index contributed by atoms with van der Waals surface area (Å²) in [6.45, 7) is 2.67. The number of para-hydroxylation sites is 1. The lowest BCUT2D eigenvalue weighted by Gasteiger charge is -2.41. The van der Waals surface area contributed by atoms with Crippen molar-refractivity contribution in [3.8, 4) is 5.75 Å². The number of carbonyl (C=O) groups is 2. The number of ether oxygens (including phenoxy) is 1. The van der Waals surface area contributed by atoms with E-state index in [0.717, 1.165) is 5.56 Å². The van der Waals surface area contributed by atoms with E-state index in [0.29, 0.717) is 30.8 Å². The number of piperidine rings is 1. The lowest BCUT2D eigenvalue weighted by molar-refractivity contribution is -0.147. The molecule has 0 bridgehead atoms. The van der Waals surface area contributed by atoms with Gasteiger partial charge in [-0.15, -0.1) is 0 Å². The van der Waals surface area contributed by atoms with Crippen molar-refractivity contribution in [2.24, 2.45) is 5.92 Å². The summed E-state index contributed by atoms with van der Waals surface area (Å²) in [6, 6.07) is 13.4. The number of likely N-dealkylation sites (tertiary alicyclic amines) is 1. The Hall–Kier alpha value is -2.89. The van der Waals surface area contributed by atoms with Gasteiger partial charge in [-0.3, -0.25) is 9.59 Å². The number of amides is 2. The quantitative estimate of drug-likeness (QED) is 0.744. The van der Waals surface area contributed by atoms with Gasteiger partial charge in [0.05, 0.1) is 19.1 Å². The molecule has 29 heavy (non-hydrogen) atoms. The number of hydrogen-bond acceptors (Lipinski definition) is 3. The molecule has 0 N–H and O–H groups in total. The highest BCUT2D eigenvalue weighted by Gasteiger charge is 2.42. The third-order valence-electron chi connectivity index (χ3n) is 5.56. The van der Waals surface area contributed by atoms with Gasteiger partial charge in [-0.2, -0.15) is 0 Å². The van der Waals surface area contributed by atoms with Gasteiger partial charge in [0, 0.05) is 37.7 Å². The van der Waals surface area contributed by atoms with Gasteiger partial charge >= 0.3 is 0 Å². The van der Waals surface area contributed by atoms with Crippen LogP contribution in [0.15, 0.2) is 48.5 Å². The summed E-state index contributed by atoms with van der Waals surface area (Å²) in [5.41, 5.74) is 1.29. The Bertz CT molecular complexity index is 886. The molecule has 2 atom stereocenters. The fourth-order valence-electron chi connectivity index (χ4n) is 4.13. The van der Waals surface area contributed by atoms with Crippen molar-refractivity contribution in [3.63, 3.8) is 0 Å². The summed E-state index contributed by atoms with van der Waals surface area (Å²) < 4.78 is 20.0. The molecule has 2 aromatic carbocycles. The van der Waals surface area contributed by atoms with Crippen molar-refractivity contribution in [1.82, 2.24) is 9.80 Å². The van der Waals surface area contributed by atoms with E-state index >= 15 is 0 Å². The molecule has 1 heterocycles. The molecule has 1 fully saturated rings. The fourth-order valence-corrected chi connectivity index (χ4v) is 4.13. The zero-order valence-corrected chi connectivity index (χ0v) is 17.1. The van der Waals surface area contributed by atoms with Crippen LogP contribution in [0, 0.1) is 11.7 Å². The molecule has 1 aliphatic rings. The molecule has 154 valence electrons. The number of hydrogen-bond donors (Lipinski definition) is 0. The van der Waals surface area contributed by atoms with Crippen LogP contribution in [0.4, 0.5) is 4.39 Å². The molecule has 0 unspecified atom stereocenters. The van der Waals surface area contributed by atoms with E-state index < -0.39 is 17.8 Å². The molecule has 0 aromatic heterocycles. The maximum absolute atomic E-state index is 14.6. The highest BCUT2D eigenvalue weighted by atomic mass is 19.1. The predicted molar refractivity (Wildman–Crippen MR) is 109 cm³/mol. The maximum Gasteiger partial charge on any atom is 0.228 e. The molecule has 0 saturated carbocycles. The van der Waals surface area contributed by atoms with Gasteiger partial charge in [0.15, 0.2) is 0 Å². The molecular weight excluding hydrogens is 371 g/mol. The van der Waals surface area contributed by atoms with Crippen LogP contribution < -0.4 is 4.74 Å². The number of methoxy groups -OCH3 is 1. The van der Waals surface area contributed by atoms with Crippen LogP contribution in [0.2, 0.25) is 0 Å². The average molecular weight is 398 g/mol. The number of halogens is 1. The van der Waals surface area contributed by atoms with Crippen LogP contribution in [0.25, 0.3) is 0 Å². The minimum absolute atomic E-state index is 0.0443. The number of carbonyl (C=O) groups excluding carboxylic acids is 2. The molecule has 2 aromatic rings. The van der Waals surface area contributed by atoms with Crippen molar-refractivity contribution in [3.05, 3.63) is 65.5 Å². The van der Waals surface area contributed by atoms with E-state index in [1.807, 2.05) is 31.2 Å². The Morgan fingerprint density at radius 2 is 1.90 bits per heavy atom. The zero-order valence-electron chi connectivity index (χ0n) is 17.1. The van der Waals surface area contributed by atoms with Gasteiger partial charge in [-0.25, -0.2) is 4.39 Å². The van der Waals surface area contributed by atoms with Crippen molar-refractivity contribution in [2.75, 3.05) is 20.7 Å². The third kappa shape index (κ3) is 4.26. The Labute approximate surface area is 171 Å². The molecule has 0 spiro atoms. The average Bonchev–Trinajstić information content (AvgIpc) is 2.73. The Kier molecular flexibility index (Phi) is 6.52. The Balaban J connectivity index is 1.90. The Morgan fingerprint density at radius 1 is 1.21 bits per heavy atom. The standard InChI is InChI=1S/C23H27FN2O3/c1-4-26-21(27)14-13-18(22(26)17-10-6-7-11-19(17)24)23(28)25(2)15-16-9-5-8-12-20(16)29-3/h5-12,18,22H,4,13-15H2,1-3H3/t18-,22+/m1/s1. The van der Waals surface area contributed by atoms with Gasteiger partial charge in [0.2, 0.25) is 11.8 Å². The van der Waals surface area contributed by atoms with E-state index in [1.165, 1.54) is 6.07 Å². The summed E-state index contributed by atoms with van der Waals surface area (Å²) in [4.78, 5) is 29.2. The molecule has 0 aliphatic carbocycles. The van der Waals surface area contributed by atoms with Crippen LogP contribution in [-0.4, -0.2) is 42.3 Å². The van der Waals surface area contributed by atoms with Crippen LogP contribution >= 0.6 is 0 Å². The predicted octanol–water partition coefficient (Wildman–Crippen LogP) is 3.79. The van der Waals surface area contributed by atoms with E-state index in [4.69, 9.17) is 4.74 Å². The van der Waals surface area contributed by atoms with Crippen LogP contribution in [0.5, 0.6) is 5.75 Å².